The first-order chi connectivity index (χ1) is 12.1. The normalized spacial score (nSPS) is 16.6. The smallest absolute Gasteiger partial charge is 0.345 e. The molecule has 1 aliphatic heterocycles. The van der Waals surface area contributed by atoms with Crippen molar-refractivity contribution in [2.45, 2.75) is 12.5 Å². The summed E-state index contributed by atoms with van der Waals surface area (Å²) in [5.74, 6) is 0. The number of rotatable bonds is 3. The summed E-state index contributed by atoms with van der Waals surface area (Å²) in [6.07, 6.45) is 0.363. The Bertz CT molecular complexity index is 1000. The lowest BCUT2D eigenvalue weighted by atomic mass is 10.0. The summed E-state index contributed by atoms with van der Waals surface area (Å²) in [6.45, 7) is 0. The molecular formula is C20H18N2O3. The number of anilines is 1. The van der Waals surface area contributed by atoms with Gasteiger partial charge in [0.15, 0.2) is 6.10 Å². The first-order valence-electron chi connectivity index (χ1n) is 8.15. The highest BCUT2D eigenvalue weighted by molar-refractivity contribution is 6.02. The number of oxime groups is 1. The SMILES string of the molecule is CN(C)c1ccc(C2CC(c3cc4ccccc4oc3=O)=NO2)cc1. The summed E-state index contributed by atoms with van der Waals surface area (Å²) >= 11 is 0. The van der Waals surface area contributed by atoms with Gasteiger partial charge in [0.2, 0.25) is 0 Å². The van der Waals surface area contributed by atoms with Crippen LogP contribution >= 0.6 is 0 Å². The van der Waals surface area contributed by atoms with E-state index < -0.39 is 0 Å². The lowest BCUT2D eigenvalue weighted by Crippen LogP contribution is -2.14. The van der Waals surface area contributed by atoms with E-state index in [2.05, 4.69) is 5.16 Å². The fraction of sp³-hybridized carbons (Fsp3) is 0.200. The van der Waals surface area contributed by atoms with E-state index in [0.29, 0.717) is 23.3 Å². The van der Waals surface area contributed by atoms with Crippen LogP contribution in [0.5, 0.6) is 0 Å². The Morgan fingerprint density at radius 2 is 1.84 bits per heavy atom. The van der Waals surface area contributed by atoms with Crippen LogP contribution in [0.1, 0.15) is 23.7 Å². The second kappa shape index (κ2) is 6.09. The van der Waals surface area contributed by atoms with Crippen molar-refractivity contribution in [2.24, 2.45) is 5.16 Å². The van der Waals surface area contributed by atoms with Gasteiger partial charge in [0.1, 0.15) is 5.58 Å². The molecule has 0 aliphatic carbocycles. The zero-order valence-electron chi connectivity index (χ0n) is 14.1. The zero-order valence-corrected chi connectivity index (χ0v) is 14.1. The Morgan fingerprint density at radius 1 is 1.08 bits per heavy atom. The third-order valence-electron chi connectivity index (χ3n) is 4.40. The fourth-order valence-electron chi connectivity index (χ4n) is 2.97. The summed E-state index contributed by atoms with van der Waals surface area (Å²) in [5.41, 5.74) is 3.44. The van der Waals surface area contributed by atoms with Crippen LogP contribution in [0, 0.1) is 0 Å². The summed E-state index contributed by atoms with van der Waals surface area (Å²) in [6, 6.07) is 17.4. The van der Waals surface area contributed by atoms with Gasteiger partial charge in [0, 0.05) is 31.6 Å². The molecule has 3 aromatic rings. The molecule has 5 nitrogen and oxygen atoms in total. The van der Waals surface area contributed by atoms with Gasteiger partial charge in [-0.15, -0.1) is 0 Å². The molecular weight excluding hydrogens is 316 g/mol. The van der Waals surface area contributed by atoms with Gasteiger partial charge in [-0.25, -0.2) is 4.79 Å². The van der Waals surface area contributed by atoms with Crippen LogP contribution in [0.4, 0.5) is 5.69 Å². The molecule has 0 spiro atoms. The van der Waals surface area contributed by atoms with Gasteiger partial charge < -0.3 is 14.2 Å². The van der Waals surface area contributed by atoms with Crippen molar-refractivity contribution in [1.82, 2.24) is 0 Å². The number of hydrogen-bond acceptors (Lipinski definition) is 5. The monoisotopic (exact) mass is 334 g/mol. The largest absolute Gasteiger partial charge is 0.422 e. The van der Waals surface area contributed by atoms with Crippen LogP contribution in [-0.4, -0.2) is 19.8 Å². The Labute approximate surface area is 145 Å². The Kier molecular flexibility index (Phi) is 3.76. The Morgan fingerprint density at radius 3 is 2.60 bits per heavy atom. The zero-order chi connectivity index (χ0) is 17.4. The maximum atomic E-state index is 12.3. The maximum absolute atomic E-state index is 12.3. The second-order valence-electron chi connectivity index (χ2n) is 6.31. The molecule has 1 unspecified atom stereocenters. The van der Waals surface area contributed by atoms with Gasteiger partial charge in [0.05, 0.1) is 11.3 Å². The van der Waals surface area contributed by atoms with Gasteiger partial charge >= 0.3 is 5.63 Å². The van der Waals surface area contributed by atoms with Crippen LogP contribution in [0.15, 0.2) is 69.0 Å². The van der Waals surface area contributed by atoms with Crippen molar-refractivity contribution in [3.05, 3.63) is 76.1 Å². The number of fused-ring (bicyclic) bond motifs is 1. The molecule has 2 aromatic carbocycles. The number of para-hydroxylation sites is 1. The lowest BCUT2D eigenvalue weighted by molar-refractivity contribution is 0.0857. The summed E-state index contributed by atoms with van der Waals surface area (Å²) in [7, 11) is 4.00. The van der Waals surface area contributed by atoms with Crippen molar-refractivity contribution >= 4 is 22.4 Å². The number of nitrogens with zero attached hydrogens (tertiary/aromatic N) is 2. The second-order valence-corrected chi connectivity index (χ2v) is 6.31. The minimum atomic E-state index is -0.385. The van der Waals surface area contributed by atoms with E-state index in [1.807, 2.05) is 67.5 Å². The van der Waals surface area contributed by atoms with Crippen molar-refractivity contribution in [3.8, 4) is 0 Å². The molecule has 0 fully saturated rings. The highest BCUT2D eigenvalue weighted by Gasteiger charge is 2.26. The molecule has 0 saturated heterocycles. The molecule has 126 valence electrons. The van der Waals surface area contributed by atoms with Crippen LogP contribution in [0.3, 0.4) is 0 Å². The number of benzene rings is 2. The molecule has 1 atom stereocenters. The van der Waals surface area contributed by atoms with Gasteiger partial charge in [-0.1, -0.05) is 35.5 Å². The average Bonchev–Trinajstić information content (AvgIpc) is 3.11. The lowest BCUT2D eigenvalue weighted by Gasteiger charge is -2.14. The van der Waals surface area contributed by atoms with Crippen LogP contribution in [0.25, 0.3) is 11.0 Å². The minimum absolute atomic E-state index is 0.183. The molecule has 0 saturated carbocycles. The molecule has 2 heterocycles. The number of hydrogen-bond donors (Lipinski definition) is 0. The van der Waals surface area contributed by atoms with E-state index in [1.54, 1.807) is 6.07 Å². The third kappa shape index (κ3) is 2.89. The van der Waals surface area contributed by atoms with Crippen molar-refractivity contribution in [3.63, 3.8) is 0 Å². The molecule has 1 aromatic heterocycles. The molecule has 5 heteroatoms. The van der Waals surface area contributed by atoms with Crippen molar-refractivity contribution in [2.75, 3.05) is 19.0 Å². The molecule has 0 radical (unpaired) electrons. The van der Waals surface area contributed by atoms with Gasteiger partial charge in [-0.05, 0) is 29.8 Å². The molecule has 0 amide bonds. The average molecular weight is 334 g/mol. The van der Waals surface area contributed by atoms with Crippen molar-refractivity contribution < 1.29 is 9.25 Å². The van der Waals surface area contributed by atoms with Gasteiger partial charge in [-0.2, -0.15) is 0 Å². The van der Waals surface area contributed by atoms with E-state index in [4.69, 9.17) is 9.25 Å². The summed E-state index contributed by atoms with van der Waals surface area (Å²) in [4.78, 5) is 19.9. The molecule has 1 aliphatic rings. The topological polar surface area (TPSA) is 55.0 Å². The standard InChI is InChI=1S/C20H18N2O3/c1-22(2)15-9-7-13(8-10-15)19-12-17(21-25-19)16-11-14-5-3-4-6-18(14)24-20(16)23/h3-11,19H,12H2,1-2H3. The Balaban J connectivity index is 1.60. The Hall–Kier alpha value is -3.08. The van der Waals surface area contributed by atoms with E-state index in [0.717, 1.165) is 16.6 Å². The van der Waals surface area contributed by atoms with Crippen LogP contribution < -0.4 is 10.5 Å². The quantitative estimate of drug-likeness (QED) is 0.685. The van der Waals surface area contributed by atoms with E-state index in [-0.39, 0.29) is 11.7 Å². The minimum Gasteiger partial charge on any atom is -0.422 e. The van der Waals surface area contributed by atoms with E-state index in [9.17, 15) is 4.79 Å². The predicted octanol–water partition coefficient (Wildman–Crippen LogP) is 3.72. The van der Waals surface area contributed by atoms with Crippen LogP contribution in [-0.2, 0) is 4.84 Å². The molecule has 0 N–H and O–H groups in total. The first kappa shape index (κ1) is 15.4. The van der Waals surface area contributed by atoms with Crippen LogP contribution in [0.2, 0.25) is 0 Å². The molecule has 4 rings (SSSR count). The first-order valence-corrected chi connectivity index (χ1v) is 8.15. The summed E-state index contributed by atoms with van der Waals surface area (Å²) in [5, 5.41) is 5.01. The maximum Gasteiger partial charge on any atom is 0.345 e. The fourth-order valence-corrected chi connectivity index (χ4v) is 2.97. The molecule has 0 bridgehead atoms. The summed E-state index contributed by atoms with van der Waals surface area (Å²) < 4.78 is 5.39. The highest BCUT2D eigenvalue weighted by atomic mass is 16.6. The van der Waals surface area contributed by atoms with E-state index in [1.165, 1.54) is 0 Å². The third-order valence-corrected chi connectivity index (χ3v) is 4.40. The molecule has 25 heavy (non-hydrogen) atoms. The van der Waals surface area contributed by atoms with Gasteiger partial charge in [-0.3, -0.25) is 0 Å². The van der Waals surface area contributed by atoms with Crippen molar-refractivity contribution in [1.29, 1.82) is 0 Å². The predicted molar refractivity (Wildman–Crippen MR) is 98.2 cm³/mol. The van der Waals surface area contributed by atoms with Gasteiger partial charge in [0.25, 0.3) is 0 Å². The highest BCUT2D eigenvalue weighted by Crippen LogP contribution is 2.30. The van der Waals surface area contributed by atoms with E-state index >= 15 is 0 Å².